The lowest BCUT2D eigenvalue weighted by atomic mass is 9.80. The Balaban J connectivity index is 2.67. The third-order valence-corrected chi connectivity index (χ3v) is 4.25. The summed E-state index contributed by atoms with van der Waals surface area (Å²) in [5.41, 5.74) is 0. The van der Waals surface area contributed by atoms with E-state index in [9.17, 15) is 21.6 Å². The van der Waals surface area contributed by atoms with Gasteiger partial charge in [0.25, 0.3) is 0 Å². The second-order valence-electron chi connectivity index (χ2n) is 4.53. The van der Waals surface area contributed by atoms with Crippen molar-refractivity contribution in [3.8, 4) is 12.3 Å². The average Bonchev–Trinajstić information content (AvgIpc) is 2.28. The van der Waals surface area contributed by atoms with E-state index in [1.807, 2.05) is 0 Å². The van der Waals surface area contributed by atoms with Gasteiger partial charge >= 0.3 is 6.18 Å². The molecule has 0 aromatic heterocycles. The second-order valence-corrected chi connectivity index (χ2v) is 5.53. The fourth-order valence-corrected chi connectivity index (χ4v) is 3.05. The summed E-state index contributed by atoms with van der Waals surface area (Å²) in [5, 5.41) is 0. The maximum atomic E-state index is 12.1. The van der Waals surface area contributed by atoms with E-state index in [1.54, 1.807) is 0 Å². The molecule has 6 heteroatoms. The Labute approximate surface area is 106 Å². The average molecular weight is 280 g/mol. The first-order chi connectivity index (χ1) is 8.33. The lowest BCUT2D eigenvalue weighted by Crippen LogP contribution is -2.23. The van der Waals surface area contributed by atoms with Gasteiger partial charge < -0.3 is 0 Å². The summed E-state index contributed by atoms with van der Waals surface area (Å²) in [6.07, 6.45) is 1.96. The molecule has 1 rings (SSSR count). The Morgan fingerprint density at radius 2 is 1.78 bits per heavy atom. The van der Waals surface area contributed by atoms with Gasteiger partial charge in [-0.25, -0.2) is 0 Å². The lowest BCUT2D eigenvalue weighted by molar-refractivity contribution is -0.132. The summed E-state index contributed by atoms with van der Waals surface area (Å²) in [5.74, 6) is 2.47. The number of hydrogen-bond donors (Lipinski definition) is 0. The molecule has 0 spiro atoms. The van der Waals surface area contributed by atoms with Crippen LogP contribution in [0, 0.1) is 24.2 Å². The van der Waals surface area contributed by atoms with Crippen LogP contribution in [-0.4, -0.2) is 19.5 Å². The molecule has 1 saturated carbocycles. The number of hydrogen-bond acceptors (Lipinski definition) is 2. The molecule has 0 radical (unpaired) electrons. The fraction of sp³-hybridized carbons (Fsp3) is 0.750. The van der Waals surface area contributed by atoms with Gasteiger partial charge in [0, 0.05) is 12.3 Å². The van der Waals surface area contributed by atoms with Gasteiger partial charge in [-0.05, 0) is 38.0 Å². The second kappa shape index (κ2) is 6.28. The van der Waals surface area contributed by atoms with Crippen LogP contribution < -0.4 is 0 Å². The van der Waals surface area contributed by atoms with Crippen molar-refractivity contribution in [2.45, 2.75) is 44.7 Å². The van der Waals surface area contributed by atoms with Crippen LogP contribution in [0.2, 0.25) is 0 Å². The molecule has 0 N–H and O–H groups in total. The van der Waals surface area contributed by atoms with Gasteiger partial charge in [-0.15, -0.1) is 12.3 Å². The predicted octanol–water partition coefficient (Wildman–Crippen LogP) is 2.82. The van der Waals surface area contributed by atoms with Crippen LogP contribution in [0.1, 0.15) is 38.5 Å². The third kappa shape index (κ3) is 4.73. The van der Waals surface area contributed by atoms with E-state index in [0.29, 0.717) is 25.7 Å². The minimum atomic E-state index is -4.32. The Morgan fingerprint density at radius 3 is 2.17 bits per heavy atom. The quantitative estimate of drug-likeness (QED) is 0.588. The Kier molecular flexibility index (Phi) is 5.27. The summed E-state index contributed by atoms with van der Waals surface area (Å²) in [6.45, 7) is 0. The maximum Gasteiger partial charge on any atom is 0.389 e. The highest BCUT2D eigenvalue weighted by molar-refractivity contribution is 7.73. The first-order valence-corrected chi connectivity index (χ1v) is 6.89. The molecule has 0 unspecified atom stereocenters. The standard InChI is InChI=1S/C12H15F3O2S/c1-2-9-3-5-10(6-4-9)11(18(16)17)7-8-12(13,14)15/h1,9-10H,3-8H2. The van der Waals surface area contributed by atoms with Crippen LogP contribution in [0.15, 0.2) is 0 Å². The van der Waals surface area contributed by atoms with Gasteiger partial charge in [-0.2, -0.15) is 21.6 Å². The van der Waals surface area contributed by atoms with E-state index in [1.165, 1.54) is 0 Å². The highest BCUT2D eigenvalue weighted by Crippen LogP contribution is 2.31. The van der Waals surface area contributed by atoms with E-state index in [-0.39, 0.29) is 16.7 Å². The van der Waals surface area contributed by atoms with E-state index >= 15 is 0 Å². The molecular formula is C12H15F3O2S. The molecule has 0 amide bonds. The van der Waals surface area contributed by atoms with Crippen molar-refractivity contribution in [2.24, 2.45) is 11.8 Å². The van der Waals surface area contributed by atoms with Crippen LogP contribution in [-0.2, 0) is 10.3 Å². The molecule has 0 bridgehead atoms. The van der Waals surface area contributed by atoms with E-state index in [4.69, 9.17) is 6.42 Å². The largest absolute Gasteiger partial charge is 0.389 e. The maximum absolute atomic E-state index is 12.1. The van der Waals surface area contributed by atoms with Crippen molar-refractivity contribution in [1.82, 2.24) is 0 Å². The van der Waals surface area contributed by atoms with E-state index in [2.05, 4.69) is 5.92 Å². The van der Waals surface area contributed by atoms with Gasteiger partial charge in [0.1, 0.15) is 0 Å². The van der Waals surface area contributed by atoms with Crippen LogP contribution in [0.5, 0.6) is 0 Å². The van der Waals surface area contributed by atoms with Crippen molar-refractivity contribution in [1.29, 1.82) is 0 Å². The summed E-state index contributed by atoms with van der Waals surface area (Å²) in [6, 6.07) is 0. The lowest BCUT2D eigenvalue weighted by Gasteiger charge is -2.25. The number of terminal acetylenes is 1. The van der Waals surface area contributed by atoms with E-state index < -0.39 is 29.3 Å². The molecule has 2 nitrogen and oxygen atoms in total. The van der Waals surface area contributed by atoms with Crippen LogP contribution in [0.4, 0.5) is 13.2 Å². The zero-order chi connectivity index (χ0) is 13.8. The third-order valence-electron chi connectivity index (χ3n) is 3.29. The van der Waals surface area contributed by atoms with Gasteiger partial charge in [0.15, 0.2) is 0 Å². The molecule has 1 aliphatic rings. The predicted molar refractivity (Wildman–Crippen MR) is 63.5 cm³/mol. The zero-order valence-electron chi connectivity index (χ0n) is 9.83. The molecule has 0 aromatic carbocycles. The topological polar surface area (TPSA) is 34.1 Å². The van der Waals surface area contributed by atoms with Gasteiger partial charge in [-0.3, -0.25) is 0 Å². The molecule has 0 saturated heterocycles. The normalized spacial score (nSPS) is 24.3. The number of halogens is 3. The molecule has 102 valence electrons. The number of alkyl halides is 3. The highest BCUT2D eigenvalue weighted by Gasteiger charge is 2.31. The summed E-state index contributed by atoms with van der Waals surface area (Å²) in [7, 11) is -2.53. The molecule has 0 heterocycles. The minimum absolute atomic E-state index is 0.00259. The van der Waals surface area contributed by atoms with Crippen molar-refractivity contribution in [2.75, 3.05) is 0 Å². The Bertz CT molecular complexity index is 441. The van der Waals surface area contributed by atoms with Crippen LogP contribution in [0.25, 0.3) is 0 Å². The van der Waals surface area contributed by atoms with Crippen molar-refractivity contribution >= 4 is 15.2 Å². The molecule has 1 fully saturated rings. The smallest absolute Gasteiger partial charge is 0.185 e. The highest BCUT2D eigenvalue weighted by atomic mass is 32.2. The molecular weight excluding hydrogens is 265 g/mol. The monoisotopic (exact) mass is 280 g/mol. The SMILES string of the molecule is C#CC1CCC(C(CCC(F)(F)F)=S(=O)=O)CC1. The number of rotatable bonds is 3. The summed E-state index contributed by atoms with van der Waals surface area (Å²) < 4.78 is 58.4. The molecule has 0 aromatic rings. The van der Waals surface area contributed by atoms with Gasteiger partial charge in [-0.1, -0.05) is 0 Å². The van der Waals surface area contributed by atoms with Crippen molar-refractivity contribution in [3.05, 3.63) is 0 Å². The fourth-order valence-electron chi connectivity index (χ4n) is 2.27. The first kappa shape index (κ1) is 15.1. The van der Waals surface area contributed by atoms with Crippen molar-refractivity contribution in [3.63, 3.8) is 0 Å². The summed E-state index contributed by atoms with van der Waals surface area (Å²) in [4.78, 5) is 0.00259. The molecule has 0 atom stereocenters. The van der Waals surface area contributed by atoms with Crippen LogP contribution in [0.3, 0.4) is 0 Å². The van der Waals surface area contributed by atoms with Gasteiger partial charge in [0.05, 0.1) is 4.86 Å². The van der Waals surface area contributed by atoms with Gasteiger partial charge in [0.2, 0.25) is 10.3 Å². The zero-order valence-corrected chi connectivity index (χ0v) is 10.6. The minimum Gasteiger partial charge on any atom is -0.185 e. The van der Waals surface area contributed by atoms with Crippen LogP contribution >= 0.6 is 0 Å². The molecule has 1 aliphatic carbocycles. The Hall–Kier alpha value is -0.960. The molecule has 0 aliphatic heterocycles. The van der Waals surface area contributed by atoms with Crippen molar-refractivity contribution < 1.29 is 21.6 Å². The Morgan fingerprint density at radius 1 is 1.22 bits per heavy atom. The molecule has 18 heavy (non-hydrogen) atoms. The summed E-state index contributed by atoms with van der Waals surface area (Å²) >= 11 is 0. The van der Waals surface area contributed by atoms with E-state index in [0.717, 1.165) is 0 Å². The first-order valence-electron chi connectivity index (χ1n) is 5.81.